The summed E-state index contributed by atoms with van der Waals surface area (Å²) < 4.78 is 42.7. The van der Waals surface area contributed by atoms with E-state index in [4.69, 9.17) is 10.5 Å². The molecule has 3 nitrogen and oxygen atoms in total. The normalized spacial score (nSPS) is 13.2. The molecule has 0 aliphatic heterocycles. The van der Waals surface area contributed by atoms with Crippen LogP contribution in [0.2, 0.25) is 0 Å². The number of esters is 1. The van der Waals surface area contributed by atoms with Crippen LogP contribution in [-0.4, -0.2) is 12.6 Å². The Kier molecular flexibility index (Phi) is 4.21. The Morgan fingerprint density at radius 1 is 1.44 bits per heavy atom. The Balaban J connectivity index is 3.15. The number of rotatable bonds is 3. The van der Waals surface area contributed by atoms with Gasteiger partial charge in [0.1, 0.15) is 0 Å². The summed E-state index contributed by atoms with van der Waals surface area (Å²) in [5, 5.41) is 0. The number of carbonyl (C=O) groups excluding carboxylic acids is 1. The molecule has 1 atom stereocenters. The van der Waals surface area contributed by atoms with Crippen LogP contribution in [0.5, 0.6) is 0 Å². The first-order valence-corrected chi connectivity index (χ1v) is 5.41. The number of hydrogen-bond acceptors (Lipinski definition) is 3. The van der Waals surface area contributed by atoms with Crippen molar-refractivity contribution < 1.29 is 22.7 Å². The molecule has 6 heteroatoms. The maximum atomic E-state index is 12.6. The monoisotopic (exact) mass is 261 g/mol. The van der Waals surface area contributed by atoms with E-state index in [0.29, 0.717) is 0 Å². The maximum Gasteiger partial charge on any atom is 0.418 e. The molecule has 0 radical (unpaired) electrons. The molecule has 0 aromatic heterocycles. The van der Waals surface area contributed by atoms with Gasteiger partial charge in [0.2, 0.25) is 0 Å². The highest BCUT2D eigenvalue weighted by atomic mass is 19.4. The standard InChI is InChI=1S/C12H14F3NO2/c1-3-18-11(17)7(2)8-5-4-6-9(10(8)16)12(13,14)15/h4-7H,3,16H2,1-2H3. The van der Waals surface area contributed by atoms with Crippen molar-refractivity contribution in [2.45, 2.75) is 25.9 Å². The number of benzene rings is 1. The average Bonchev–Trinajstić information content (AvgIpc) is 2.27. The molecule has 0 heterocycles. The molecule has 2 N–H and O–H groups in total. The molecule has 100 valence electrons. The number of hydrogen-bond donors (Lipinski definition) is 1. The predicted molar refractivity (Wildman–Crippen MR) is 60.9 cm³/mol. The van der Waals surface area contributed by atoms with Crippen molar-refractivity contribution in [1.82, 2.24) is 0 Å². The van der Waals surface area contributed by atoms with Gasteiger partial charge in [-0.1, -0.05) is 12.1 Å². The second kappa shape index (κ2) is 5.29. The number of ether oxygens (including phenoxy) is 1. The molecular formula is C12H14F3NO2. The third-order valence-corrected chi connectivity index (χ3v) is 2.55. The van der Waals surface area contributed by atoms with Gasteiger partial charge in [-0.2, -0.15) is 13.2 Å². The molecule has 1 rings (SSSR count). The van der Waals surface area contributed by atoms with Crippen molar-refractivity contribution >= 4 is 11.7 Å². The van der Waals surface area contributed by atoms with Gasteiger partial charge in [0, 0.05) is 5.69 Å². The average molecular weight is 261 g/mol. The second-order valence-corrected chi connectivity index (χ2v) is 3.78. The number of anilines is 1. The van der Waals surface area contributed by atoms with E-state index in [1.807, 2.05) is 0 Å². The Morgan fingerprint density at radius 2 is 2.06 bits per heavy atom. The molecule has 0 saturated carbocycles. The lowest BCUT2D eigenvalue weighted by molar-refractivity contribution is -0.144. The topological polar surface area (TPSA) is 52.3 Å². The molecule has 0 aliphatic rings. The lowest BCUT2D eigenvalue weighted by Gasteiger charge is -2.17. The largest absolute Gasteiger partial charge is 0.466 e. The second-order valence-electron chi connectivity index (χ2n) is 3.78. The fraction of sp³-hybridized carbons (Fsp3) is 0.417. The number of para-hydroxylation sites is 1. The highest BCUT2D eigenvalue weighted by Gasteiger charge is 2.34. The molecular weight excluding hydrogens is 247 g/mol. The zero-order chi connectivity index (χ0) is 13.9. The molecule has 0 saturated heterocycles. The smallest absolute Gasteiger partial charge is 0.418 e. The van der Waals surface area contributed by atoms with Gasteiger partial charge in [0.15, 0.2) is 0 Å². The van der Waals surface area contributed by atoms with Crippen LogP contribution in [0.25, 0.3) is 0 Å². The van der Waals surface area contributed by atoms with Crippen molar-refractivity contribution in [2.75, 3.05) is 12.3 Å². The number of nitrogen functional groups attached to an aromatic ring is 1. The summed E-state index contributed by atoms with van der Waals surface area (Å²) in [5.74, 6) is -1.42. The molecule has 0 fully saturated rings. The van der Waals surface area contributed by atoms with Gasteiger partial charge in [0.05, 0.1) is 18.1 Å². The van der Waals surface area contributed by atoms with E-state index in [0.717, 1.165) is 6.07 Å². The number of carbonyl (C=O) groups is 1. The Morgan fingerprint density at radius 3 is 2.56 bits per heavy atom. The summed E-state index contributed by atoms with van der Waals surface area (Å²) in [7, 11) is 0. The van der Waals surface area contributed by atoms with Crippen molar-refractivity contribution in [3.8, 4) is 0 Å². The fourth-order valence-electron chi connectivity index (χ4n) is 1.60. The Labute approximate surface area is 103 Å². The summed E-state index contributed by atoms with van der Waals surface area (Å²) in [5.41, 5.74) is 4.25. The van der Waals surface area contributed by atoms with Gasteiger partial charge in [0.25, 0.3) is 0 Å². The van der Waals surface area contributed by atoms with Crippen LogP contribution >= 0.6 is 0 Å². The van der Waals surface area contributed by atoms with Crippen LogP contribution in [0.4, 0.5) is 18.9 Å². The van der Waals surface area contributed by atoms with E-state index in [2.05, 4.69) is 0 Å². The first-order chi connectivity index (χ1) is 8.29. The SMILES string of the molecule is CCOC(=O)C(C)c1cccc(C(F)(F)F)c1N. The number of alkyl halides is 3. The third kappa shape index (κ3) is 2.94. The molecule has 0 aliphatic carbocycles. The van der Waals surface area contributed by atoms with Crippen molar-refractivity contribution in [3.63, 3.8) is 0 Å². The van der Waals surface area contributed by atoms with E-state index in [9.17, 15) is 18.0 Å². The molecule has 0 amide bonds. The van der Waals surface area contributed by atoms with Crippen molar-refractivity contribution in [1.29, 1.82) is 0 Å². The van der Waals surface area contributed by atoms with Crippen LogP contribution in [0, 0.1) is 0 Å². The first kappa shape index (κ1) is 14.3. The summed E-state index contributed by atoms with van der Waals surface area (Å²) >= 11 is 0. The number of nitrogens with two attached hydrogens (primary N) is 1. The van der Waals surface area contributed by atoms with E-state index >= 15 is 0 Å². The first-order valence-electron chi connectivity index (χ1n) is 5.41. The minimum absolute atomic E-state index is 0.128. The third-order valence-electron chi connectivity index (χ3n) is 2.55. The van der Waals surface area contributed by atoms with Crippen LogP contribution < -0.4 is 5.73 Å². The van der Waals surface area contributed by atoms with Gasteiger partial charge in [-0.25, -0.2) is 0 Å². The summed E-state index contributed by atoms with van der Waals surface area (Å²) in [6, 6.07) is 3.51. The Hall–Kier alpha value is -1.72. The molecule has 0 spiro atoms. The highest BCUT2D eigenvalue weighted by Crippen LogP contribution is 2.37. The van der Waals surface area contributed by atoms with Crippen molar-refractivity contribution in [2.24, 2.45) is 0 Å². The fourth-order valence-corrected chi connectivity index (χ4v) is 1.60. The highest BCUT2D eigenvalue weighted by molar-refractivity contribution is 5.80. The van der Waals surface area contributed by atoms with Gasteiger partial charge in [-0.05, 0) is 25.5 Å². The molecule has 18 heavy (non-hydrogen) atoms. The lowest BCUT2D eigenvalue weighted by atomic mass is 9.96. The molecule has 1 aromatic carbocycles. The summed E-state index contributed by atoms with van der Waals surface area (Å²) in [4.78, 5) is 11.5. The quantitative estimate of drug-likeness (QED) is 0.672. The van der Waals surface area contributed by atoms with Gasteiger partial charge >= 0.3 is 12.1 Å². The van der Waals surface area contributed by atoms with E-state index in [-0.39, 0.29) is 12.2 Å². The summed E-state index contributed by atoms with van der Waals surface area (Å²) in [6.07, 6.45) is -4.53. The van der Waals surface area contributed by atoms with Gasteiger partial charge in [-0.3, -0.25) is 4.79 Å². The van der Waals surface area contributed by atoms with E-state index in [1.165, 1.54) is 19.1 Å². The van der Waals surface area contributed by atoms with Gasteiger partial charge in [-0.15, -0.1) is 0 Å². The predicted octanol–water partition coefficient (Wildman–Crippen LogP) is 2.95. The minimum atomic E-state index is -4.53. The van der Waals surface area contributed by atoms with E-state index in [1.54, 1.807) is 6.92 Å². The zero-order valence-corrected chi connectivity index (χ0v) is 10.0. The molecule has 1 unspecified atom stereocenters. The summed E-state index contributed by atoms with van der Waals surface area (Å²) in [6.45, 7) is 3.26. The molecule has 1 aromatic rings. The lowest BCUT2D eigenvalue weighted by Crippen LogP contribution is -2.17. The molecule has 0 bridgehead atoms. The van der Waals surface area contributed by atoms with Crippen LogP contribution in [0.3, 0.4) is 0 Å². The van der Waals surface area contributed by atoms with E-state index < -0.39 is 29.3 Å². The number of halogens is 3. The van der Waals surface area contributed by atoms with Crippen LogP contribution in [-0.2, 0) is 15.7 Å². The van der Waals surface area contributed by atoms with Crippen molar-refractivity contribution in [3.05, 3.63) is 29.3 Å². The van der Waals surface area contributed by atoms with Crippen LogP contribution in [0.15, 0.2) is 18.2 Å². The Bertz CT molecular complexity index is 443. The van der Waals surface area contributed by atoms with Gasteiger partial charge < -0.3 is 10.5 Å². The van der Waals surface area contributed by atoms with Crippen LogP contribution in [0.1, 0.15) is 30.9 Å². The zero-order valence-electron chi connectivity index (χ0n) is 10.0. The maximum absolute atomic E-state index is 12.6. The minimum Gasteiger partial charge on any atom is -0.466 e.